The third kappa shape index (κ3) is 2.37. The van der Waals surface area contributed by atoms with E-state index < -0.39 is 0 Å². The van der Waals surface area contributed by atoms with Gasteiger partial charge in [0.05, 0.1) is 18.1 Å². The van der Waals surface area contributed by atoms with Gasteiger partial charge in [0, 0.05) is 12.3 Å². The first kappa shape index (κ1) is 16.2. The van der Waals surface area contributed by atoms with Gasteiger partial charge in [-0.05, 0) is 44.4 Å². The summed E-state index contributed by atoms with van der Waals surface area (Å²) in [6.07, 6.45) is 5.74. The third-order valence-corrected chi connectivity index (χ3v) is 6.57. The quantitative estimate of drug-likeness (QED) is 0.733. The fourth-order valence-corrected chi connectivity index (χ4v) is 5.15. The van der Waals surface area contributed by atoms with Crippen LogP contribution in [-0.4, -0.2) is 24.8 Å². The number of rotatable bonds is 4. The zero-order valence-electron chi connectivity index (χ0n) is 14.3. The van der Waals surface area contributed by atoms with Crippen molar-refractivity contribution in [1.82, 2.24) is 0 Å². The van der Waals surface area contributed by atoms with E-state index in [0.29, 0.717) is 30.0 Å². The summed E-state index contributed by atoms with van der Waals surface area (Å²) in [7, 11) is 0. The van der Waals surface area contributed by atoms with E-state index in [1.807, 2.05) is 0 Å². The fraction of sp³-hybridized carbons (Fsp3) is 0.842. The van der Waals surface area contributed by atoms with Gasteiger partial charge >= 0.3 is 0 Å². The lowest BCUT2D eigenvalue weighted by molar-refractivity contribution is -0.175. The molecule has 0 aromatic heterocycles. The predicted molar refractivity (Wildman–Crippen MR) is 86.4 cm³/mol. The van der Waals surface area contributed by atoms with E-state index in [0.717, 1.165) is 44.3 Å². The fourth-order valence-electron chi connectivity index (χ4n) is 5.15. The maximum Gasteiger partial charge on any atom is 0.160 e. The highest BCUT2D eigenvalue weighted by atomic mass is 16.7. The van der Waals surface area contributed by atoms with Crippen molar-refractivity contribution in [3.05, 3.63) is 12.2 Å². The van der Waals surface area contributed by atoms with Crippen LogP contribution in [0.25, 0.3) is 0 Å². The number of ketones is 1. The zero-order valence-corrected chi connectivity index (χ0v) is 14.3. The average Bonchev–Trinajstić information content (AvgIpc) is 3.07. The van der Waals surface area contributed by atoms with Gasteiger partial charge in [0.15, 0.2) is 6.29 Å². The Morgan fingerprint density at radius 2 is 2.14 bits per heavy atom. The molecule has 6 atom stereocenters. The molecule has 3 rings (SSSR count). The van der Waals surface area contributed by atoms with Gasteiger partial charge in [0.2, 0.25) is 0 Å². The van der Waals surface area contributed by atoms with Crippen molar-refractivity contribution in [2.75, 3.05) is 6.61 Å². The van der Waals surface area contributed by atoms with Crippen molar-refractivity contribution < 1.29 is 14.3 Å². The number of hydrogen-bond donors (Lipinski definition) is 0. The summed E-state index contributed by atoms with van der Waals surface area (Å²) in [5.41, 5.74) is 0.859. The Morgan fingerprint density at radius 3 is 2.73 bits per heavy atom. The van der Waals surface area contributed by atoms with Gasteiger partial charge in [-0.25, -0.2) is 0 Å². The minimum Gasteiger partial charge on any atom is -0.352 e. The van der Waals surface area contributed by atoms with Crippen LogP contribution in [-0.2, 0) is 14.3 Å². The predicted octanol–water partition coefficient (Wildman–Crippen LogP) is 4.12. The monoisotopic (exact) mass is 306 g/mol. The molecule has 2 aliphatic heterocycles. The van der Waals surface area contributed by atoms with Gasteiger partial charge < -0.3 is 9.47 Å². The Bertz CT molecular complexity index is 446. The Kier molecular flexibility index (Phi) is 4.48. The van der Waals surface area contributed by atoms with E-state index in [2.05, 4.69) is 27.4 Å². The lowest BCUT2D eigenvalue weighted by atomic mass is 9.56. The molecule has 0 aromatic carbocycles. The molecule has 2 saturated heterocycles. The molecule has 2 heterocycles. The van der Waals surface area contributed by atoms with Crippen LogP contribution in [0.1, 0.15) is 59.3 Å². The highest BCUT2D eigenvalue weighted by Gasteiger charge is 2.57. The molecule has 0 unspecified atom stereocenters. The summed E-state index contributed by atoms with van der Waals surface area (Å²) in [6.45, 7) is 11.4. The molecule has 3 heteroatoms. The minimum absolute atomic E-state index is 0.0521. The van der Waals surface area contributed by atoms with Crippen LogP contribution < -0.4 is 0 Å². The summed E-state index contributed by atoms with van der Waals surface area (Å²) in [5.74, 6) is 1.67. The van der Waals surface area contributed by atoms with E-state index in [-0.39, 0.29) is 17.8 Å². The maximum absolute atomic E-state index is 13.2. The number of carbonyl (C=O) groups is 1. The molecule has 0 amide bonds. The third-order valence-electron chi connectivity index (χ3n) is 6.57. The number of allylic oxidation sites excluding steroid dienone is 1. The zero-order chi connectivity index (χ0) is 15.9. The van der Waals surface area contributed by atoms with Crippen LogP contribution >= 0.6 is 0 Å². The van der Waals surface area contributed by atoms with Gasteiger partial charge in [-0.2, -0.15) is 0 Å². The smallest absolute Gasteiger partial charge is 0.160 e. The largest absolute Gasteiger partial charge is 0.352 e. The molecule has 0 aromatic rings. The van der Waals surface area contributed by atoms with Crippen molar-refractivity contribution in [1.29, 1.82) is 0 Å². The second-order valence-electron chi connectivity index (χ2n) is 7.55. The van der Waals surface area contributed by atoms with Crippen LogP contribution in [0.3, 0.4) is 0 Å². The van der Waals surface area contributed by atoms with Gasteiger partial charge in [0.1, 0.15) is 5.78 Å². The highest BCUT2D eigenvalue weighted by molar-refractivity contribution is 5.87. The van der Waals surface area contributed by atoms with E-state index in [1.165, 1.54) is 0 Å². The number of Topliss-reactive ketones (excluding diaryl/α,β-unsaturated/α-hetero) is 1. The molecule has 0 bridgehead atoms. The van der Waals surface area contributed by atoms with Gasteiger partial charge in [-0.3, -0.25) is 4.79 Å². The van der Waals surface area contributed by atoms with Crippen molar-refractivity contribution in [3.63, 3.8) is 0 Å². The lowest BCUT2D eigenvalue weighted by Crippen LogP contribution is -2.52. The van der Waals surface area contributed by atoms with E-state index in [9.17, 15) is 4.79 Å². The SMILES string of the molecule is C=C(C)[C@H]1CC(=O)[C@@](CC)([C@@H]2C[C@@H]3CCO[C@@H]3O2)[C@H](CC)C1. The molecule has 1 aliphatic carbocycles. The standard InChI is InChI=1S/C19H30O3/c1-5-15-9-14(12(3)4)10-16(20)19(15,6-2)17-11-13-7-8-21-18(13)22-17/h13-15,17-18H,3,5-11H2,1-2,4H3/t13-,14+,15+,17-,18+,19-/m0/s1. The van der Waals surface area contributed by atoms with E-state index in [1.54, 1.807) is 0 Å². The molecule has 0 N–H and O–H groups in total. The van der Waals surface area contributed by atoms with E-state index >= 15 is 0 Å². The molecule has 0 spiro atoms. The van der Waals surface area contributed by atoms with Crippen molar-refractivity contribution in [2.24, 2.45) is 23.2 Å². The molecule has 3 nitrogen and oxygen atoms in total. The topological polar surface area (TPSA) is 35.5 Å². The first-order chi connectivity index (χ1) is 10.5. The first-order valence-corrected chi connectivity index (χ1v) is 8.98. The lowest BCUT2D eigenvalue weighted by Gasteiger charge is -2.48. The van der Waals surface area contributed by atoms with Crippen molar-refractivity contribution >= 4 is 5.78 Å². The molecule has 22 heavy (non-hydrogen) atoms. The summed E-state index contributed by atoms with van der Waals surface area (Å²) in [4.78, 5) is 13.2. The molecule has 1 saturated carbocycles. The average molecular weight is 306 g/mol. The van der Waals surface area contributed by atoms with Gasteiger partial charge in [0.25, 0.3) is 0 Å². The molecule has 0 radical (unpaired) electrons. The Balaban J connectivity index is 1.86. The van der Waals surface area contributed by atoms with Crippen LogP contribution in [0.2, 0.25) is 0 Å². The minimum atomic E-state index is -0.297. The Hall–Kier alpha value is -0.670. The van der Waals surface area contributed by atoms with E-state index in [4.69, 9.17) is 9.47 Å². The number of fused-ring (bicyclic) bond motifs is 1. The second-order valence-corrected chi connectivity index (χ2v) is 7.55. The summed E-state index contributed by atoms with van der Waals surface area (Å²) < 4.78 is 12.0. The molecular weight excluding hydrogens is 276 g/mol. The molecule has 124 valence electrons. The maximum atomic E-state index is 13.2. The van der Waals surface area contributed by atoms with Crippen LogP contribution in [0.4, 0.5) is 0 Å². The van der Waals surface area contributed by atoms with Crippen molar-refractivity contribution in [3.8, 4) is 0 Å². The van der Waals surface area contributed by atoms with Crippen molar-refractivity contribution in [2.45, 2.75) is 71.7 Å². The normalized spacial score (nSPS) is 45.0. The summed E-state index contributed by atoms with van der Waals surface area (Å²) in [6, 6.07) is 0. The molecule has 3 aliphatic rings. The van der Waals surface area contributed by atoms with Crippen LogP contribution in [0.5, 0.6) is 0 Å². The van der Waals surface area contributed by atoms with Gasteiger partial charge in [-0.15, -0.1) is 0 Å². The number of hydrogen-bond acceptors (Lipinski definition) is 3. The molecular formula is C19H30O3. The van der Waals surface area contributed by atoms with Crippen LogP contribution in [0, 0.1) is 23.2 Å². The van der Waals surface area contributed by atoms with Gasteiger partial charge in [-0.1, -0.05) is 32.4 Å². The Morgan fingerprint density at radius 1 is 1.36 bits per heavy atom. The van der Waals surface area contributed by atoms with Crippen LogP contribution in [0.15, 0.2) is 12.2 Å². The number of carbonyl (C=O) groups excluding carboxylic acids is 1. The second kappa shape index (κ2) is 6.09. The first-order valence-electron chi connectivity index (χ1n) is 8.98. The molecule has 3 fully saturated rings. The summed E-state index contributed by atoms with van der Waals surface area (Å²) >= 11 is 0. The Labute approximate surface area is 134 Å². The highest BCUT2D eigenvalue weighted by Crippen LogP contribution is 2.54. The summed E-state index contributed by atoms with van der Waals surface area (Å²) in [5, 5.41) is 0. The number of ether oxygens (including phenoxy) is 2.